The number of nitro groups is 1. The van der Waals surface area contributed by atoms with Gasteiger partial charge in [0.1, 0.15) is 5.69 Å². The van der Waals surface area contributed by atoms with Crippen molar-refractivity contribution in [2.75, 3.05) is 25.0 Å². The SMILES string of the molecule is CCn1nc(C)c([N+](=O)[O-])c1NC(C)CN1CCCCC1. The van der Waals surface area contributed by atoms with E-state index in [0.29, 0.717) is 18.1 Å². The first kappa shape index (κ1) is 15.8. The molecule has 0 radical (unpaired) electrons. The Morgan fingerprint density at radius 3 is 2.62 bits per heavy atom. The lowest BCUT2D eigenvalue weighted by Gasteiger charge is -2.29. The second-order valence-electron chi connectivity index (χ2n) is 5.76. The van der Waals surface area contributed by atoms with E-state index in [1.807, 2.05) is 6.92 Å². The molecule has 0 amide bonds. The number of nitrogens with zero attached hydrogens (tertiary/aromatic N) is 4. The Morgan fingerprint density at radius 2 is 2.05 bits per heavy atom. The molecule has 0 aliphatic carbocycles. The maximum Gasteiger partial charge on any atom is 0.333 e. The van der Waals surface area contributed by atoms with Crippen LogP contribution < -0.4 is 5.32 Å². The van der Waals surface area contributed by atoms with Crippen LogP contribution in [0.4, 0.5) is 11.5 Å². The molecule has 1 fully saturated rings. The summed E-state index contributed by atoms with van der Waals surface area (Å²) in [5, 5.41) is 18.8. The van der Waals surface area contributed by atoms with E-state index in [1.165, 1.54) is 19.3 Å². The summed E-state index contributed by atoms with van der Waals surface area (Å²) < 4.78 is 1.68. The van der Waals surface area contributed by atoms with Gasteiger partial charge in [-0.1, -0.05) is 6.42 Å². The zero-order chi connectivity index (χ0) is 15.4. The molecule has 7 heteroatoms. The fourth-order valence-corrected chi connectivity index (χ4v) is 2.97. The van der Waals surface area contributed by atoms with Crippen LogP contribution in [0.15, 0.2) is 0 Å². The molecule has 0 bridgehead atoms. The van der Waals surface area contributed by atoms with Gasteiger partial charge in [0.25, 0.3) is 0 Å². The molecule has 1 aliphatic rings. The van der Waals surface area contributed by atoms with Crippen molar-refractivity contribution in [3.05, 3.63) is 15.8 Å². The zero-order valence-electron chi connectivity index (χ0n) is 13.1. The van der Waals surface area contributed by atoms with E-state index in [1.54, 1.807) is 11.6 Å². The molecule has 1 atom stereocenters. The maximum atomic E-state index is 11.2. The molecule has 1 unspecified atom stereocenters. The van der Waals surface area contributed by atoms with Crippen molar-refractivity contribution in [2.24, 2.45) is 0 Å². The maximum absolute atomic E-state index is 11.2. The first-order valence-corrected chi connectivity index (χ1v) is 7.73. The Kier molecular flexibility index (Phi) is 5.17. The standard InChI is InChI=1S/C14H25N5O2/c1-4-18-14(13(19(20)21)12(3)16-18)15-11(2)10-17-8-6-5-7-9-17/h11,15H,4-10H2,1-3H3. The summed E-state index contributed by atoms with van der Waals surface area (Å²) in [7, 11) is 0. The lowest BCUT2D eigenvalue weighted by Crippen LogP contribution is -2.38. The van der Waals surface area contributed by atoms with Crippen LogP contribution in [0.3, 0.4) is 0 Å². The molecule has 1 N–H and O–H groups in total. The van der Waals surface area contributed by atoms with Gasteiger partial charge in [0.2, 0.25) is 5.82 Å². The molecule has 2 heterocycles. The highest BCUT2D eigenvalue weighted by Crippen LogP contribution is 2.28. The van der Waals surface area contributed by atoms with Gasteiger partial charge in [-0.15, -0.1) is 0 Å². The van der Waals surface area contributed by atoms with Crippen LogP contribution in [-0.2, 0) is 6.54 Å². The van der Waals surface area contributed by atoms with Crippen LogP contribution in [0.1, 0.15) is 38.8 Å². The third kappa shape index (κ3) is 3.72. The van der Waals surface area contributed by atoms with Gasteiger partial charge in [-0.05, 0) is 46.7 Å². The van der Waals surface area contributed by atoms with E-state index in [2.05, 4.69) is 22.2 Å². The Hall–Kier alpha value is -1.63. The summed E-state index contributed by atoms with van der Waals surface area (Å²) in [5.74, 6) is 0.532. The highest BCUT2D eigenvalue weighted by Gasteiger charge is 2.26. The predicted octanol–water partition coefficient (Wildman–Crippen LogP) is 2.41. The molecule has 2 rings (SSSR count). The summed E-state index contributed by atoms with van der Waals surface area (Å²) in [6, 6.07) is 0.156. The average molecular weight is 295 g/mol. The molecule has 1 aromatic rings. The topological polar surface area (TPSA) is 76.2 Å². The minimum Gasteiger partial charge on any atom is -0.361 e. The number of aryl methyl sites for hydroxylation is 2. The van der Waals surface area contributed by atoms with E-state index < -0.39 is 0 Å². The number of hydrogen-bond donors (Lipinski definition) is 1. The number of aromatic nitrogens is 2. The number of nitrogens with one attached hydrogen (secondary N) is 1. The Bertz CT molecular complexity index is 494. The Morgan fingerprint density at radius 1 is 1.38 bits per heavy atom. The fraction of sp³-hybridized carbons (Fsp3) is 0.786. The van der Waals surface area contributed by atoms with Gasteiger partial charge in [-0.3, -0.25) is 10.1 Å². The van der Waals surface area contributed by atoms with Crippen LogP contribution in [0, 0.1) is 17.0 Å². The van der Waals surface area contributed by atoms with E-state index in [-0.39, 0.29) is 16.7 Å². The third-order valence-electron chi connectivity index (χ3n) is 3.94. The van der Waals surface area contributed by atoms with Crippen LogP contribution >= 0.6 is 0 Å². The second kappa shape index (κ2) is 6.89. The first-order valence-electron chi connectivity index (χ1n) is 7.73. The van der Waals surface area contributed by atoms with Crippen molar-refractivity contribution < 1.29 is 4.92 Å². The number of rotatable bonds is 6. The van der Waals surface area contributed by atoms with Crippen molar-refractivity contribution in [3.63, 3.8) is 0 Å². The van der Waals surface area contributed by atoms with Crippen LogP contribution in [0.2, 0.25) is 0 Å². The van der Waals surface area contributed by atoms with E-state index in [4.69, 9.17) is 0 Å². The van der Waals surface area contributed by atoms with Gasteiger partial charge >= 0.3 is 5.69 Å². The molecule has 1 saturated heterocycles. The number of piperidine rings is 1. The van der Waals surface area contributed by atoms with Crippen LogP contribution in [0.5, 0.6) is 0 Å². The fourth-order valence-electron chi connectivity index (χ4n) is 2.97. The zero-order valence-corrected chi connectivity index (χ0v) is 13.1. The second-order valence-corrected chi connectivity index (χ2v) is 5.76. The Balaban J connectivity index is 2.08. The quantitative estimate of drug-likeness (QED) is 0.644. The Labute approximate surface area is 125 Å². The molecular weight excluding hydrogens is 270 g/mol. The average Bonchev–Trinajstić information content (AvgIpc) is 2.75. The van der Waals surface area contributed by atoms with Gasteiger partial charge in [-0.25, -0.2) is 4.68 Å². The molecule has 0 saturated carbocycles. The summed E-state index contributed by atoms with van der Waals surface area (Å²) in [5.41, 5.74) is 0.567. The van der Waals surface area contributed by atoms with Crippen molar-refractivity contribution in [2.45, 2.75) is 52.6 Å². The normalized spacial score (nSPS) is 17.7. The number of hydrogen-bond acceptors (Lipinski definition) is 5. The van der Waals surface area contributed by atoms with Crippen LogP contribution in [-0.4, -0.2) is 45.3 Å². The van der Waals surface area contributed by atoms with Gasteiger partial charge in [-0.2, -0.15) is 5.10 Å². The van der Waals surface area contributed by atoms with Gasteiger partial charge in [0, 0.05) is 19.1 Å². The van der Waals surface area contributed by atoms with E-state index >= 15 is 0 Å². The van der Waals surface area contributed by atoms with Crippen LogP contribution in [0.25, 0.3) is 0 Å². The predicted molar refractivity (Wildman–Crippen MR) is 82.7 cm³/mol. The summed E-state index contributed by atoms with van der Waals surface area (Å²) in [6.45, 7) is 9.47. The van der Waals surface area contributed by atoms with E-state index in [9.17, 15) is 10.1 Å². The van der Waals surface area contributed by atoms with Crippen molar-refractivity contribution in [1.82, 2.24) is 14.7 Å². The minimum atomic E-state index is -0.343. The molecule has 1 aromatic heterocycles. The molecule has 0 spiro atoms. The largest absolute Gasteiger partial charge is 0.361 e. The first-order chi connectivity index (χ1) is 10.0. The summed E-state index contributed by atoms with van der Waals surface area (Å²) >= 11 is 0. The lowest BCUT2D eigenvalue weighted by molar-refractivity contribution is -0.384. The molecule has 0 aromatic carbocycles. The molecule has 118 valence electrons. The highest BCUT2D eigenvalue weighted by molar-refractivity contribution is 5.60. The monoisotopic (exact) mass is 295 g/mol. The van der Waals surface area contributed by atoms with E-state index in [0.717, 1.165) is 19.6 Å². The highest BCUT2D eigenvalue weighted by atomic mass is 16.6. The minimum absolute atomic E-state index is 0.0994. The number of anilines is 1. The lowest BCUT2D eigenvalue weighted by atomic mass is 10.1. The van der Waals surface area contributed by atoms with Crippen molar-refractivity contribution in [3.8, 4) is 0 Å². The molecule has 21 heavy (non-hydrogen) atoms. The number of likely N-dealkylation sites (tertiary alicyclic amines) is 1. The molecule has 7 nitrogen and oxygen atoms in total. The summed E-state index contributed by atoms with van der Waals surface area (Å²) in [6.07, 6.45) is 3.81. The van der Waals surface area contributed by atoms with Crippen molar-refractivity contribution in [1.29, 1.82) is 0 Å². The van der Waals surface area contributed by atoms with Gasteiger partial charge in [0.15, 0.2) is 0 Å². The molecule has 1 aliphatic heterocycles. The third-order valence-corrected chi connectivity index (χ3v) is 3.94. The smallest absolute Gasteiger partial charge is 0.333 e. The summed E-state index contributed by atoms with van der Waals surface area (Å²) in [4.78, 5) is 13.3. The van der Waals surface area contributed by atoms with Gasteiger partial charge in [0.05, 0.1) is 4.92 Å². The van der Waals surface area contributed by atoms with Crippen molar-refractivity contribution >= 4 is 11.5 Å². The van der Waals surface area contributed by atoms with Gasteiger partial charge < -0.3 is 10.2 Å². The molecular formula is C14H25N5O2.